The van der Waals surface area contributed by atoms with Crippen LogP contribution in [0.15, 0.2) is 48.5 Å². The van der Waals surface area contributed by atoms with Crippen molar-refractivity contribution in [1.82, 2.24) is 31.5 Å². The maximum absolute atomic E-state index is 13.6. The van der Waals surface area contributed by atoms with Crippen molar-refractivity contribution in [3.05, 3.63) is 59.7 Å². The van der Waals surface area contributed by atoms with E-state index in [1.807, 2.05) is 0 Å². The van der Waals surface area contributed by atoms with Crippen LogP contribution in [0.5, 0.6) is 11.5 Å². The molecule has 0 saturated carbocycles. The van der Waals surface area contributed by atoms with Gasteiger partial charge in [-0.25, -0.2) is 0 Å². The molecule has 1 fully saturated rings. The van der Waals surface area contributed by atoms with E-state index in [-0.39, 0.29) is 42.6 Å². The van der Waals surface area contributed by atoms with E-state index >= 15 is 0 Å². The highest BCUT2D eigenvalue weighted by atomic mass is 16.5. The monoisotopic (exact) mass is 664 g/mol. The third-order valence-corrected chi connectivity index (χ3v) is 8.50. The van der Waals surface area contributed by atoms with Crippen molar-refractivity contribution in [2.45, 2.75) is 70.5 Å². The molecule has 6 N–H and O–H groups in total. The largest absolute Gasteiger partial charge is 0.508 e. The molecule has 3 atom stereocenters. The first kappa shape index (κ1) is 36.2. The Bertz CT molecular complexity index is 1410. The Balaban J connectivity index is 1.59. The molecule has 0 unspecified atom stereocenters. The number of ether oxygens (including phenoxy) is 1. The lowest BCUT2D eigenvalue weighted by molar-refractivity contribution is -0.133. The van der Waals surface area contributed by atoms with Gasteiger partial charge in [-0.1, -0.05) is 51.0 Å². The second-order valence-corrected chi connectivity index (χ2v) is 12.6. The molecular formula is C35H48N6O7. The van der Waals surface area contributed by atoms with Gasteiger partial charge in [-0.05, 0) is 61.7 Å². The molecule has 2 aliphatic heterocycles. The van der Waals surface area contributed by atoms with Crippen LogP contribution in [0.25, 0.3) is 0 Å². The van der Waals surface area contributed by atoms with Crippen molar-refractivity contribution >= 4 is 29.5 Å². The first-order valence-corrected chi connectivity index (χ1v) is 16.8. The van der Waals surface area contributed by atoms with Gasteiger partial charge in [0.25, 0.3) is 5.91 Å². The molecule has 0 aliphatic carbocycles. The molecule has 2 heterocycles. The summed E-state index contributed by atoms with van der Waals surface area (Å²) in [6.07, 6.45) is 4.19. The Labute approximate surface area is 281 Å². The Morgan fingerprint density at radius 2 is 1.65 bits per heavy atom. The number of rotatable bonds is 7. The normalized spacial score (nSPS) is 22.1. The van der Waals surface area contributed by atoms with Crippen LogP contribution in [0.3, 0.4) is 0 Å². The molecule has 4 rings (SSSR count). The summed E-state index contributed by atoms with van der Waals surface area (Å²) in [5.41, 5.74) is 0.813. The van der Waals surface area contributed by atoms with Crippen LogP contribution < -0.4 is 31.3 Å². The summed E-state index contributed by atoms with van der Waals surface area (Å²) in [6.45, 7) is 6.63. The van der Waals surface area contributed by atoms with Gasteiger partial charge in [0.2, 0.25) is 23.6 Å². The molecule has 5 amide bonds. The number of hydrogen-bond acceptors (Lipinski definition) is 8. The van der Waals surface area contributed by atoms with Crippen LogP contribution in [0, 0.1) is 5.92 Å². The van der Waals surface area contributed by atoms with Crippen LogP contribution in [0.4, 0.5) is 0 Å². The number of hydrogen-bond donors (Lipinski definition) is 6. The summed E-state index contributed by atoms with van der Waals surface area (Å²) in [6, 6.07) is 9.43. The molecular weight excluding hydrogens is 616 g/mol. The van der Waals surface area contributed by atoms with E-state index in [0.717, 1.165) is 25.9 Å². The average Bonchev–Trinajstić information content (AvgIpc) is 3.34. The number of carbonyl (C=O) groups excluding carboxylic acids is 5. The summed E-state index contributed by atoms with van der Waals surface area (Å²) in [5, 5.41) is 23.6. The van der Waals surface area contributed by atoms with Crippen LogP contribution in [0.1, 0.15) is 61.9 Å². The number of aromatic hydroxyl groups is 1. The topological polar surface area (TPSA) is 178 Å². The number of nitrogens with one attached hydrogen (secondary N) is 5. The Morgan fingerprint density at radius 1 is 0.938 bits per heavy atom. The van der Waals surface area contributed by atoms with Gasteiger partial charge < -0.3 is 41.3 Å². The number of amides is 5. The molecule has 48 heavy (non-hydrogen) atoms. The quantitative estimate of drug-likeness (QED) is 0.256. The predicted molar refractivity (Wildman–Crippen MR) is 179 cm³/mol. The first-order valence-electron chi connectivity index (χ1n) is 16.8. The molecule has 13 heteroatoms. The lowest BCUT2D eigenvalue weighted by Crippen LogP contribution is -2.57. The number of phenols is 1. The summed E-state index contributed by atoms with van der Waals surface area (Å²) < 4.78 is 5.83. The van der Waals surface area contributed by atoms with E-state index < -0.39 is 54.1 Å². The highest BCUT2D eigenvalue weighted by Crippen LogP contribution is 2.19. The predicted octanol–water partition coefficient (Wildman–Crippen LogP) is 1.25. The molecule has 0 radical (unpaired) electrons. The molecule has 0 aromatic heterocycles. The maximum Gasteiger partial charge on any atom is 0.255 e. The fourth-order valence-electron chi connectivity index (χ4n) is 5.80. The standard InChI is InChI=1S/C35H48N6O7/c1-23(2)31-35(47)37-16-20-48-29-10-6-5-9-26(29)32(44)39-28(33(45)36-15-19-41-17-7-3-4-8-18-41)22-30(43)38-27(34(46)40-31)21-24-11-13-25(42)14-12-24/h5-6,9-14,23,27-28,31,42H,3-4,7-8,15-22H2,1-2H3,(H,36,45)(H,37,47)(H,38,43)(H,39,44)(H,40,46)/t27-,28-,31+/m0/s1. The van der Waals surface area contributed by atoms with Crippen molar-refractivity contribution in [3.8, 4) is 11.5 Å². The van der Waals surface area contributed by atoms with Gasteiger partial charge in [0.05, 0.1) is 18.5 Å². The van der Waals surface area contributed by atoms with Crippen LogP contribution in [-0.4, -0.2) is 97.0 Å². The average molecular weight is 665 g/mol. The zero-order chi connectivity index (χ0) is 34.5. The van der Waals surface area contributed by atoms with Gasteiger partial charge in [-0.2, -0.15) is 0 Å². The van der Waals surface area contributed by atoms with E-state index in [0.29, 0.717) is 18.7 Å². The second-order valence-electron chi connectivity index (χ2n) is 12.6. The lowest BCUT2D eigenvalue weighted by Gasteiger charge is -2.26. The van der Waals surface area contributed by atoms with Gasteiger partial charge in [0.1, 0.15) is 36.2 Å². The molecule has 13 nitrogen and oxygen atoms in total. The molecule has 0 spiro atoms. The second kappa shape index (κ2) is 18.0. The number of fused-ring (bicyclic) bond motifs is 1. The van der Waals surface area contributed by atoms with Crippen molar-refractivity contribution < 1.29 is 33.8 Å². The fraction of sp³-hybridized carbons (Fsp3) is 0.514. The summed E-state index contributed by atoms with van der Waals surface area (Å²) in [7, 11) is 0. The molecule has 260 valence electrons. The van der Waals surface area contributed by atoms with Crippen molar-refractivity contribution in [2.24, 2.45) is 5.92 Å². The van der Waals surface area contributed by atoms with E-state index in [9.17, 15) is 29.1 Å². The van der Waals surface area contributed by atoms with Crippen LogP contribution in [0.2, 0.25) is 0 Å². The molecule has 2 aliphatic rings. The smallest absolute Gasteiger partial charge is 0.255 e. The Morgan fingerprint density at radius 3 is 2.35 bits per heavy atom. The number of likely N-dealkylation sites (tertiary alicyclic amines) is 1. The van der Waals surface area contributed by atoms with E-state index in [4.69, 9.17) is 4.74 Å². The van der Waals surface area contributed by atoms with Gasteiger partial charge >= 0.3 is 0 Å². The van der Waals surface area contributed by atoms with Gasteiger partial charge in [-0.15, -0.1) is 0 Å². The zero-order valence-corrected chi connectivity index (χ0v) is 27.8. The van der Waals surface area contributed by atoms with Crippen LogP contribution in [-0.2, 0) is 25.6 Å². The summed E-state index contributed by atoms with van der Waals surface area (Å²) in [5.74, 6) is -2.81. The van der Waals surface area contributed by atoms with Crippen LogP contribution >= 0.6 is 0 Å². The first-order chi connectivity index (χ1) is 23.1. The summed E-state index contributed by atoms with van der Waals surface area (Å²) >= 11 is 0. The molecule has 1 saturated heterocycles. The van der Waals surface area contributed by atoms with Gasteiger partial charge in [-0.3, -0.25) is 24.0 Å². The van der Waals surface area contributed by atoms with Crippen molar-refractivity contribution in [2.75, 3.05) is 39.3 Å². The van der Waals surface area contributed by atoms with Gasteiger partial charge in [0, 0.05) is 19.5 Å². The molecule has 2 aromatic rings. The molecule has 0 bridgehead atoms. The zero-order valence-electron chi connectivity index (χ0n) is 27.8. The Hall–Kier alpha value is -4.65. The van der Waals surface area contributed by atoms with E-state index in [1.54, 1.807) is 50.2 Å². The minimum absolute atomic E-state index is 0.0404. The number of nitrogens with zero attached hydrogens (tertiary/aromatic N) is 1. The number of benzene rings is 2. The summed E-state index contributed by atoms with van der Waals surface area (Å²) in [4.78, 5) is 69.7. The Kier molecular flexibility index (Phi) is 13.6. The number of phenolic OH excluding ortho intramolecular Hbond substituents is 1. The third-order valence-electron chi connectivity index (χ3n) is 8.50. The fourth-order valence-corrected chi connectivity index (χ4v) is 5.80. The number of para-hydroxylation sites is 1. The van der Waals surface area contributed by atoms with Gasteiger partial charge in [0.15, 0.2) is 0 Å². The third kappa shape index (κ3) is 11.0. The SMILES string of the molecule is CC(C)[C@H]1NC(=O)[C@H](Cc2ccc(O)cc2)NC(=O)C[C@@H](C(=O)NCCN2CCCCCC2)NC(=O)c2ccccc2OCCNC1=O. The van der Waals surface area contributed by atoms with Crippen molar-refractivity contribution in [1.29, 1.82) is 0 Å². The van der Waals surface area contributed by atoms with Crippen molar-refractivity contribution in [3.63, 3.8) is 0 Å². The minimum Gasteiger partial charge on any atom is -0.508 e. The minimum atomic E-state index is -1.26. The highest BCUT2D eigenvalue weighted by molar-refractivity contribution is 6.01. The number of carbonyl (C=O) groups is 5. The van der Waals surface area contributed by atoms with E-state index in [2.05, 4.69) is 31.5 Å². The molecule has 2 aromatic carbocycles. The lowest BCUT2D eigenvalue weighted by atomic mass is 10.0. The van der Waals surface area contributed by atoms with E-state index in [1.165, 1.54) is 25.0 Å². The highest BCUT2D eigenvalue weighted by Gasteiger charge is 2.31. The maximum atomic E-state index is 13.6.